The lowest BCUT2D eigenvalue weighted by Gasteiger charge is -2.23. The van der Waals surface area contributed by atoms with Crippen molar-refractivity contribution >= 4 is 17.3 Å². The van der Waals surface area contributed by atoms with E-state index in [-0.39, 0.29) is 17.9 Å². The van der Waals surface area contributed by atoms with E-state index in [1.165, 1.54) is 0 Å². The molecule has 0 spiro atoms. The number of carbonyl (C=O) groups is 1. The Kier molecular flexibility index (Phi) is 5.02. The van der Waals surface area contributed by atoms with Crippen LogP contribution in [0.2, 0.25) is 0 Å². The molecular formula is C19H21N3O. The van der Waals surface area contributed by atoms with Crippen molar-refractivity contribution in [2.75, 3.05) is 17.2 Å². The van der Waals surface area contributed by atoms with Crippen LogP contribution in [-0.4, -0.2) is 12.5 Å². The summed E-state index contributed by atoms with van der Waals surface area (Å²) >= 11 is 0. The Morgan fingerprint density at radius 3 is 2.30 bits per heavy atom. The van der Waals surface area contributed by atoms with Gasteiger partial charge in [-0.2, -0.15) is 5.26 Å². The van der Waals surface area contributed by atoms with Crippen molar-refractivity contribution in [3.05, 3.63) is 59.7 Å². The van der Waals surface area contributed by atoms with Gasteiger partial charge in [-0.05, 0) is 29.2 Å². The molecule has 0 aromatic heterocycles. The van der Waals surface area contributed by atoms with E-state index in [2.05, 4.69) is 37.5 Å². The average Bonchev–Trinajstić information content (AvgIpc) is 2.52. The number of nitriles is 1. The first-order valence-electron chi connectivity index (χ1n) is 7.54. The fraction of sp³-hybridized carbons (Fsp3) is 0.263. The fourth-order valence-corrected chi connectivity index (χ4v) is 2.35. The molecule has 0 atom stereocenters. The monoisotopic (exact) mass is 307 g/mol. The maximum atomic E-state index is 12.2. The molecular weight excluding hydrogens is 286 g/mol. The summed E-state index contributed by atoms with van der Waals surface area (Å²) in [6.45, 7) is 6.44. The number of nitrogens with zero attached hydrogens (tertiary/aromatic N) is 1. The fourth-order valence-electron chi connectivity index (χ4n) is 2.35. The highest BCUT2D eigenvalue weighted by Gasteiger charge is 2.18. The number of amides is 1. The first-order chi connectivity index (χ1) is 10.9. The minimum absolute atomic E-state index is 0.0509. The van der Waals surface area contributed by atoms with Gasteiger partial charge in [0.15, 0.2) is 0 Å². The Morgan fingerprint density at radius 2 is 1.65 bits per heavy atom. The number of nitrogens with one attached hydrogen (secondary N) is 2. The zero-order valence-electron chi connectivity index (χ0n) is 13.7. The molecule has 0 bridgehead atoms. The van der Waals surface area contributed by atoms with Crippen LogP contribution in [0.15, 0.2) is 48.5 Å². The second-order valence-electron chi connectivity index (χ2n) is 6.35. The predicted molar refractivity (Wildman–Crippen MR) is 93.4 cm³/mol. The molecule has 2 aromatic carbocycles. The van der Waals surface area contributed by atoms with E-state index in [0.717, 1.165) is 11.3 Å². The van der Waals surface area contributed by atoms with Gasteiger partial charge in [0, 0.05) is 5.69 Å². The van der Waals surface area contributed by atoms with Gasteiger partial charge in [0.2, 0.25) is 5.91 Å². The minimum Gasteiger partial charge on any atom is -0.375 e. The van der Waals surface area contributed by atoms with Gasteiger partial charge in [-0.25, -0.2) is 0 Å². The van der Waals surface area contributed by atoms with Crippen molar-refractivity contribution in [3.8, 4) is 6.07 Å². The summed E-state index contributed by atoms with van der Waals surface area (Å²) in [5.74, 6) is -0.144. The van der Waals surface area contributed by atoms with Crippen molar-refractivity contribution in [2.24, 2.45) is 0 Å². The maximum absolute atomic E-state index is 12.2. The Morgan fingerprint density at radius 1 is 1.04 bits per heavy atom. The second kappa shape index (κ2) is 6.97. The Hall–Kier alpha value is -2.80. The zero-order valence-corrected chi connectivity index (χ0v) is 13.7. The second-order valence-corrected chi connectivity index (χ2v) is 6.35. The first-order valence-corrected chi connectivity index (χ1v) is 7.54. The lowest BCUT2D eigenvalue weighted by atomic mass is 9.86. The van der Waals surface area contributed by atoms with E-state index in [9.17, 15) is 4.79 Å². The molecule has 4 nitrogen and oxygen atoms in total. The molecule has 23 heavy (non-hydrogen) atoms. The topological polar surface area (TPSA) is 64.9 Å². The molecule has 0 radical (unpaired) electrons. The Bertz CT molecular complexity index is 739. The predicted octanol–water partition coefficient (Wildman–Crippen LogP) is 3.91. The normalized spacial score (nSPS) is 10.7. The SMILES string of the molecule is CC(C)(C)c1ccccc1NC(=O)CNc1ccccc1C#N. The van der Waals surface area contributed by atoms with E-state index >= 15 is 0 Å². The lowest BCUT2D eigenvalue weighted by molar-refractivity contribution is -0.114. The maximum Gasteiger partial charge on any atom is 0.243 e. The summed E-state index contributed by atoms with van der Waals surface area (Å²) in [6, 6.07) is 17.0. The number of hydrogen-bond acceptors (Lipinski definition) is 3. The molecule has 0 heterocycles. The van der Waals surface area contributed by atoms with Gasteiger partial charge in [0.25, 0.3) is 0 Å². The van der Waals surface area contributed by atoms with Crippen molar-refractivity contribution in [1.82, 2.24) is 0 Å². The molecule has 2 aromatic rings. The minimum atomic E-state index is -0.144. The van der Waals surface area contributed by atoms with Crippen LogP contribution in [0.5, 0.6) is 0 Å². The molecule has 4 heteroatoms. The van der Waals surface area contributed by atoms with Gasteiger partial charge in [-0.1, -0.05) is 51.1 Å². The smallest absolute Gasteiger partial charge is 0.243 e. The van der Waals surface area contributed by atoms with Crippen LogP contribution in [0.4, 0.5) is 11.4 Å². The molecule has 0 saturated carbocycles. The molecule has 0 fully saturated rings. The van der Waals surface area contributed by atoms with E-state index in [1.54, 1.807) is 18.2 Å². The van der Waals surface area contributed by atoms with Crippen LogP contribution in [0, 0.1) is 11.3 Å². The molecule has 0 aliphatic heterocycles. The highest BCUT2D eigenvalue weighted by atomic mass is 16.1. The number of hydrogen-bond donors (Lipinski definition) is 2. The number of benzene rings is 2. The van der Waals surface area contributed by atoms with Crippen LogP contribution in [0.1, 0.15) is 31.9 Å². The third kappa shape index (κ3) is 4.33. The quantitative estimate of drug-likeness (QED) is 0.900. The van der Waals surface area contributed by atoms with Gasteiger partial charge in [0.1, 0.15) is 6.07 Å². The summed E-state index contributed by atoms with van der Waals surface area (Å²) in [5, 5.41) is 15.0. The molecule has 0 saturated heterocycles. The molecule has 2 rings (SSSR count). The standard InChI is InChI=1S/C19H21N3O/c1-19(2,3)15-9-5-7-11-17(15)22-18(23)13-21-16-10-6-4-8-14(16)12-20/h4-11,21H,13H2,1-3H3,(H,22,23). The Balaban J connectivity index is 2.05. The van der Waals surface area contributed by atoms with Crippen molar-refractivity contribution in [1.29, 1.82) is 5.26 Å². The highest BCUT2D eigenvalue weighted by molar-refractivity contribution is 5.94. The molecule has 118 valence electrons. The number of para-hydroxylation sites is 2. The lowest BCUT2D eigenvalue weighted by Crippen LogP contribution is -2.24. The molecule has 1 amide bonds. The summed E-state index contributed by atoms with van der Waals surface area (Å²) in [5.41, 5.74) is 3.04. The van der Waals surface area contributed by atoms with Gasteiger partial charge in [0.05, 0.1) is 17.8 Å². The van der Waals surface area contributed by atoms with Crippen LogP contribution in [0.3, 0.4) is 0 Å². The molecule has 0 unspecified atom stereocenters. The van der Waals surface area contributed by atoms with E-state index in [0.29, 0.717) is 11.3 Å². The summed E-state index contributed by atoms with van der Waals surface area (Å²) in [6.07, 6.45) is 0. The molecule has 0 aliphatic carbocycles. The van der Waals surface area contributed by atoms with Gasteiger partial charge in [-0.15, -0.1) is 0 Å². The first kappa shape index (κ1) is 16.6. The Labute approximate surface area is 137 Å². The van der Waals surface area contributed by atoms with Crippen LogP contribution in [-0.2, 0) is 10.2 Å². The average molecular weight is 307 g/mol. The molecule has 0 aliphatic rings. The largest absolute Gasteiger partial charge is 0.375 e. The number of carbonyl (C=O) groups excluding carboxylic acids is 1. The van der Waals surface area contributed by atoms with Gasteiger partial charge >= 0.3 is 0 Å². The van der Waals surface area contributed by atoms with Crippen LogP contribution in [0.25, 0.3) is 0 Å². The van der Waals surface area contributed by atoms with Gasteiger partial charge < -0.3 is 10.6 Å². The third-order valence-corrected chi connectivity index (χ3v) is 3.50. The van der Waals surface area contributed by atoms with E-state index in [1.807, 2.05) is 30.3 Å². The van der Waals surface area contributed by atoms with E-state index < -0.39 is 0 Å². The number of anilines is 2. The van der Waals surface area contributed by atoms with Crippen molar-refractivity contribution in [3.63, 3.8) is 0 Å². The van der Waals surface area contributed by atoms with Crippen molar-refractivity contribution in [2.45, 2.75) is 26.2 Å². The number of rotatable bonds is 4. The van der Waals surface area contributed by atoms with Crippen LogP contribution >= 0.6 is 0 Å². The van der Waals surface area contributed by atoms with Crippen molar-refractivity contribution < 1.29 is 4.79 Å². The third-order valence-electron chi connectivity index (χ3n) is 3.50. The highest BCUT2D eigenvalue weighted by Crippen LogP contribution is 2.29. The van der Waals surface area contributed by atoms with E-state index in [4.69, 9.17) is 5.26 Å². The van der Waals surface area contributed by atoms with Crippen LogP contribution < -0.4 is 10.6 Å². The van der Waals surface area contributed by atoms with Gasteiger partial charge in [-0.3, -0.25) is 4.79 Å². The summed E-state index contributed by atoms with van der Waals surface area (Å²) in [4.78, 5) is 12.2. The summed E-state index contributed by atoms with van der Waals surface area (Å²) < 4.78 is 0. The molecule has 2 N–H and O–H groups in total. The zero-order chi connectivity index (χ0) is 16.9. The summed E-state index contributed by atoms with van der Waals surface area (Å²) in [7, 11) is 0.